The zero-order valence-corrected chi connectivity index (χ0v) is 15.5. The fourth-order valence-electron chi connectivity index (χ4n) is 3.15. The number of para-hydroxylation sites is 2. The molecule has 1 saturated heterocycles. The molecule has 6 heteroatoms. The number of benzene rings is 1. The second kappa shape index (κ2) is 9.04. The highest BCUT2D eigenvalue weighted by Gasteiger charge is 2.26. The fraction of sp³-hybridized carbons (Fsp3) is 0.381. The second-order valence-electron chi connectivity index (χ2n) is 6.61. The number of carbonyl (C=O) groups excluding carboxylic acids is 1. The molecule has 0 aliphatic carbocycles. The van der Waals surface area contributed by atoms with E-state index in [9.17, 15) is 4.79 Å². The van der Waals surface area contributed by atoms with Gasteiger partial charge in [-0.1, -0.05) is 19.1 Å². The Morgan fingerprint density at radius 2 is 2.07 bits per heavy atom. The summed E-state index contributed by atoms with van der Waals surface area (Å²) in [6.45, 7) is 4.22. The van der Waals surface area contributed by atoms with Gasteiger partial charge in [-0.25, -0.2) is 4.98 Å². The van der Waals surface area contributed by atoms with Crippen molar-refractivity contribution >= 4 is 17.4 Å². The Morgan fingerprint density at radius 3 is 2.74 bits per heavy atom. The molecule has 3 rings (SSSR count). The van der Waals surface area contributed by atoms with Gasteiger partial charge in [-0.3, -0.25) is 4.79 Å². The average Bonchev–Trinajstić information content (AvgIpc) is 2.73. The molecular weight excluding hydrogens is 340 g/mol. The Balaban J connectivity index is 1.56. The van der Waals surface area contributed by atoms with Gasteiger partial charge in [0, 0.05) is 25.2 Å². The largest absolute Gasteiger partial charge is 0.491 e. The number of nitriles is 1. The monoisotopic (exact) mass is 364 g/mol. The fourth-order valence-corrected chi connectivity index (χ4v) is 3.15. The molecule has 1 aliphatic rings. The predicted molar refractivity (Wildman–Crippen MR) is 105 cm³/mol. The first kappa shape index (κ1) is 18.7. The topological polar surface area (TPSA) is 78.2 Å². The second-order valence-corrected chi connectivity index (χ2v) is 6.61. The van der Waals surface area contributed by atoms with Crippen LogP contribution >= 0.6 is 0 Å². The molecule has 1 N–H and O–H groups in total. The molecule has 0 saturated carbocycles. The lowest BCUT2D eigenvalue weighted by Gasteiger charge is -2.32. The van der Waals surface area contributed by atoms with Gasteiger partial charge in [-0.2, -0.15) is 5.26 Å². The zero-order valence-electron chi connectivity index (χ0n) is 15.5. The Hall–Kier alpha value is -3.07. The van der Waals surface area contributed by atoms with Crippen molar-refractivity contribution in [1.29, 1.82) is 5.26 Å². The maximum atomic E-state index is 12.7. The van der Waals surface area contributed by atoms with Crippen molar-refractivity contribution in [2.24, 2.45) is 5.92 Å². The van der Waals surface area contributed by atoms with Crippen molar-refractivity contribution in [2.45, 2.75) is 26.2 Å². The summed E-state index contributed by atoms with van der Waals surface area (Å²) < 4.78 is 5.71. The Labute approximate surface area is 159 Å². The third-order valence-corrected chi connectivity index (χ3v) is 4.67. The zero-order chi connectivity index (χ0) is 19.1. The number of piperidine rings is 1. The molecule has 140 valence electrons. The summed E-state index contributed by atoms with van der Waals surface area (Å²) in [5, 5.41) is 11.9. The van der Waals surface area contributed by atoms with E-state index in [0.29, 0.717) is 17.9 Å². The third-order valence-electron chi connectivity index (χ3n) is 4.67. The number of aromatic nitrogens is 1. The van der Waals surface area contributed by atoms with Crippen molar-refractivity contribution in [3.8, 4) is 11.8 Å². The first-order valence-electron chi connectivity index (χ1n) is 9.35. The number of anilines is 2. The molecule has 27 heavy (non-hydrogen) atoms. The quantitative estimate of drug-likeness (QED) is 0.847. The number of ether oxygens (including phenoxy) is 1. The van der Waals surface area contributed by atoms with Gasteiger partial charge in [-0.15, -0.1) is 0 Å². The van der Waals surface area contributed by atoms with Gasteiger partial charge in [-0.05, 0) is 43.5 Å². The molecule has 1 aromatic heterocycles. The number of carbonyl (C=O) groups is 1. The lowest BCUT2D eigenvalue weighted by molar-refractivity contribution is -0.120. The number of hydrogen-bond acceptors (Lipinski definition) is 5. The van der Waals surface area contributed by atoms with E-state index >= 15 is 0 Å². The molecule has 0 spiro atoms. The van der Waals surface area contributed by atoms with Crippen molar-refractivity contribution in [1.82, 2.24) is 4.98 Å². The van der Waals surface area contributed by atoms with Gasteiger partial charge in [0.05, 0.1) is 17.9 Å². The molecule has 2 aromatic rings. The van der Waals surface area contributed by atoms with Crippen LogP contribution < -0.4 is 15.0 Å². The SMILES string of the molecule is CCCOc1ccccc1NC(=O)C1CCN(c2ccc(C#N)cn2)CC1. The van der Waals surface area contributed by atoms with Gasteiger partial charge in [0.25, 0.3) is 0 Å². The Kier molecular flexibility index (Phi) is 6.26. The molecule has 6 nitrogen and oxygen atoms in total. The lowest BCUT2D eigenvalue weighted by atomic mass is 9.95. The van der Waals surface area contributed by atoms with E-state index in [0.717, 1.165) is 43.9 Å². The van der Waals surface area contributed by atoms with E-state index in [-0.39, 0.29) is 11.8 Å². The van der Waals surface area contributed by atoms with Gasteiger partial charge >= 0.3 is 0 Å². The molecule has 0 radical (unpaired) electrons. The van der Waals surface area contributed by atoms with E-state index < -0.39 is 0 Å². The van der Waals surface area contributed by atoms with Crippen LogP contribution in [-0.4, -0.2) is 30.6 Å². The minimum absolute atomic E-state index is 0.0288. The standard InChI is InChI=1S/C21H24N4O2/c1-2-13-27-19-6-4-3-5-18(19)24-21(26)17-9-11-25(12-10-17)20-8-7-16(14-22)15-23-20/h3-8,15,17H,2,9-13H2,1H3,(H,24,26). The minimum Gasteiger partial charge on any atom is -0.491 e. The number of nitrogens with one attached hydrogen (secondary N) is 1. The Morgan fingerprint density at radius 1 is 1.30 bits per heavy atom. The van der Waals surface area contributed by atoms with Gasteiger partial charge in [0.15, 0.2) is 0 Å². The van der Waals surface area contributed by atoms with Crippen molar-refractivity contribution in [2.75, 3.05) is 29.9 Å². The molecule has 0 atom stereocenters. The smallest absolute Gasteiger partial charge is 0.227 e. The number of pyridine rings is 1. The highest BCUT2D eigenvalue weighted by Crippen LogP contribution is 2.27. The van der Waals surface area contributed by atoms with Crippen LogP contribution in [0.3, 0.4) is 0 Å². The van der Waals surface area contributed by atoms with E-state index in [2.05, 4.69) is 28.2 Å². The third kappa shape index (κ3) is 4.76. The lowest BCUT2D eigenvalue weighted by Crippen LogP contribution is -2.38. The maximum Gasteiger partial charge on any atom is 0.227 e. The number of amides is 1. The van der Waals surface area contributed by atoms with E-state index in [1.54, 1.807) is 12.3 Å². The molecular formula is C21H24N4O2. The minimum atomic E-state index is -0.0288. The van der Waals surface area contributed by atoms with Crippen LogP contribution in [0.15, 0.2) is 42.6 Å². The first-order valence-corrected chi connectivity index (χ1v) is 9.35. The molecule has 1 amide bonds. The van der Waals surface area contributed by atoms with Crippen LogP contribution in [0.25, 0.3) is 0 Å². The summed E-state index contributed by atoms with van der Waals surface area (Å²) in [4.78, 5) is 19.2. The van der Waals surface area contributed by atoms with Gasteiger partial charge < -0.3 is 15.0 Å². The van der Waals surface area contributed by atoms with Crippen LogP contribution in [-0.2, 0) is 4.79 Å². The number of rotatable bonds is 6. The molecule has 0 unspecified atom stereocenters. The van der Waals surface area contributed by atoms with Crippen molar-refractivity contribution in [3.63, 3.8) is 0 Å². The van der Waals surface area contributed by atoms with E-state index in [4.69, 9.17) is 10.00 Å². The highest BCUT2D eigenvalue weighted by molar-refractivity contribution is 5.94. The van der Waals surface area contributed by atoms with E-state index in [1.807, 2.05) is 30.3 Å². The van der Waals surface area contributed by atoms with Crippen molar-refractivity contribution in [3.05, 3.63) is 48.2 Å². The Bertz CT molecular complexity index is 806. The van der Waals surface area contributed by atoms with Crippen LogP contribution in [0.4, 0.5) is 11.5 Å². The average molecular weight is 364 g/mol. The molecule has 1 fully saturated rings. The van der Waals surface area contributed by atoms with Crippen molar-refractivity contribution < 1.29 is 9.53 Å². The summed E-state index contributed by atoms with van der Waals surface area (Å²) in [7, 11) is 0. The van der Waals surface area contributed by atoms with Crippen LogP contribution in [0, 0.1) is 17.2 Å². The predicted octanol–water partition coefficient (Wildman–Crippen LogP) is 3.60. The number of hydrogen-bond donors (Lipinski definition) is 1. The molecule has 1 aromatic carbocycles. The normalized spacial score (nSPS) is 14.4. The summed E-state index contributed by atoms with van der Waals surface area (Å²) >= 11 is 0. The van der Waals surface area contributed by atoms with Gasteiger partial charge in [0.2, 0.25) is 5.91 Å². The van der Waals surface area contributed by atoms with Crippen LogP contribution in [0.5, 0.6) is 5.75 Å². The van der Waals surface area contributed by atoms with Crippen LogP contribution in [0.1, 0.15) is 31.7 Å². The van der Waals surface area contributed by atoms with Crippen LogP contribution in [0.2, 0.25) is 0 Å². The maximum absolute atomic E-state index is 12.7. The first-order chi connectivity index (χ1) is 13.2. The molecule has 2 heterocycles. The molecule has 0 bridgehead atoms. The van der Waals surface area contributed by atoms with Gasteiger partial charge in [0.1, 0.15) is 17.6 Å². The van der Waals surface area contributed by atoms with E-state index in [1.165, 1.54) is 0 Å². The summed E-state index contributed by atoms with van der Waals surface area (Å²) in [6, 6.07) is 13.3. The molecule has 1 aliphatic heterocycles. The summed E-state index contributed by atoms with van der Waals surface area (Å²) in [5.41, 5.74) is 1.28. The highest BCUT2D eigenvalue weighted by atomic mass is 16.5. The summed E-state index contributed by atoms with van der Waals surface area (Å²) in [5.74, 6) is 1.58. The number of nitrogens with zero attached hydrogens (tertiary/aromatic N) is 3. The summed E-state index contributed by atoms with van der Waals surface area (Å²) in [6.07, 6.45) is 4.04.